The monoisotopic (exact) mass is 393 g/mol. The van der Waals surface area contributed by atoms with E-state index in [-0.39, 0.29) is 34.1 Å². The first-order chi connectivity index (χ1) is 12.8. The van der Waals surface area contributed by atoms with Crippen LogP contribution in [0, 0.1) is 6.92 Å². The fourth-order valence-corrected chi connectivity index (χ4v) is 4.54. The SMILES string of the molecule is COc1ccc(C(=O)N2CCNC[C@H]2C)cc1S(=O)(=O)Cc1cc(C)no1. The van der Waals surface area contributed by atoms with Gasteiger partial charge in [0.2, 0.25) is 0 Å². The van der Waals surface area contributed by atoms with Crippen LogP contribution < -0.4 is 10.1 Å². The minimum Gasteiger partial charge on any atom is -0.495 e. The van der Waals surface area contributed by atoms with Gasteiger partial charge in [-0.05, 0) is 32.0 Å². The standard InChI is InChI=1S/C18H23N3O5S/c1-12-8-15(26-20-12)11-27(23,24)17-9-14(4-5-16(17)25-3)18(22)21-7-6-19-10-13(21)2/h4-5,8-9,13,19H,6-7,10-11H2,1-3H3/t13-/m1/s1. The molecule has 3 rings (SSSR count). The molecule has 2 aromatic rings. The molecule has 1 aliphatic heterocycles. The van der Waals surface area contributed by atoms with E-state index in [1.807, 2.05) is 6.92 Å². The van der Waals surface area contributed by atoms with E-state index in [0.717, 1.165) is 0 Å². The van der Waals surface area contributed by atoms with Crippen molar-refractivity contribution in [3.8, 4) is 5.75 Å². The molecule has 8 nitrogen and oxygen atoms in total. The smallest absolute Gasteiger partial charge is 0.254 e. The van der Waals surface area contributed by atoms with Crippen LogP contribution in [0.5, 0.6) is 5.75 Å². The molecule has 146 valence electrons. The molecule has 1 fully saturated rings. The van der Waals surface area contributed by atoms with Gasteiger partial charge in [-0.3, -0.25) is 4.79 Å². The number of ether oxygens (including phenoxy) is 1. The van der Waals surface area contributed by atoms with Crippen molar-refractivity contribution < 1.29 is 22.5 Å². The molecule has 2 heterocycles. The Kier molecular flexibility index (Phi) is 5.52. The first-order valence-corrected chi connectivity index (χ1v) is 10.3. The van der Waals surface area contributed by atoms with Crippen molar-refractivity contribution in [2.75, 3.05) is 26.7 Å². The molecule has 0 radical (unpaired) electrons. The maximum absolute atomic E-state index is 12.9. The third-order valence-electron chi connectivity index (χ3n) is 4.52. The summed E-state index contributed by atoms with van der Waals surface area (Å²) in [4.78, 5) is 14.6. The van der Waals surface area contributed by atoms with Crippen LogP contribution in [0.3, 0.4) is 0 Å². The van der Waals surface area contributed by atoms with Crippen LogP contribution in [-0.2, 0) is 15.6 Å². The highest BCUT2D eigenvalue weighted by atomic mass is 32.2. The van der Waals surface area contributed by atoms with Crippen molar-refractivity contribution in [3.63, 3.8) is 0 Å². The Morgan fingerprint density at radius 2 is 2.19 bits per heavy atom. The minimum atomic E-state index is -3.78. The Bertz CT molecular complexity index is 938. The number of hydrogen-bond donors (Lipinski definition) is 1. The first kappa shape index (κ1) is 19.4. The van der Waals surface area contributed by atoms with Crippen molar-refractivity contribution in [3.05, 3.63) is 41.3 Å². The van der Waals surface area contributed by atoms with Crippen molar-refractivity contribution >= 4 is 15.7 Å². The van der Waals surface area contributed by atoms with Gasteiger partial charge in [0.1, 0.15) is 16.4 Å². The second kappa shape index (κ2) is 7.69. The lowest BCUT2D eigenvalue weighted by molar-refractivity contribution is 0.0655. The number of carbonyl (C=O) groups is 1. The normalized spacial score (nSPS) is 17.7. The van der Waals surface area contributed by atoms with Gasteiger partial charge in [0.25, 0.3) is 5.91 Å². The predicted molar refractivity (Wildman–Crippen MR) is 98.5 cm³/mol. The fraction of sp³-hybridized carbons (Fsp3) is 0.444. The second-order valence-corrected chi connectivity index (χ2v) is 8.57. The van der Waals surface area contributed by atoms with Crippen molar-refractivity contribution in [1.82, 2.24) is 15.4 Å². The molecule has 1 N–H and O–H groups in total. The summed E-state index contributed by atoms with van der Waals surface area (Å²) in [6.45, 7) is 5.66. The number of hydrogen-bond acceptors (Lipinski definition) is 7. The second-order valence-electron chi connectivity index (χ2n) is 6.61. The Labute approximate surface area is 158 Å². The Hall–Kier alpha value is -2.39. The number of aryl methyl sites for hydroxylation is 1. The molecule has 1 atom stereocenters. The van der Waals surface area contributed by atoms with E-state index in [1.54, 1.807) is 24.0 Å². The van der Waals surface area contributed by atoms with Gasteiger partial charge in [-0.2, -0.15) is 0 Å². The highest BCUT2D eigenvalue weighted by Crippen LogP contribution is 2.29. The van der Waals surface area contributed by atoms with Crippen LogP contribution >= 0.6 is 0 Å². The van der Waals surface area contributed by atoms with E-state index in [2.05, 4.69) is 10.5 Å². The van der Waals surface area contributed by atoms with E-state index in [9.17, 15) is 13.2 Å². The molecule has 27 heavy (non-hydrogen) atoms. The van der Waals surface area contributed by atoms with Gasteiger partial charge in [-0.15, -0.1) is 0 Å². The summed E-state index contributed by atoms with van der Waals surface area (Å²) in [6, 6.07) is 6.09. The summed E-state index contributed by atoms with van der Waals surface area (Å²) in [7, 11) is -2.39. The lowest BCUT2D eigenvalue weighted by Crippen LogP contribution is -2.52. The van der Waals surface area contributed by atoms with Crippen LogP contribution in [0.2, 0.25) is 0 Å². The van der Waals surface area contributed by atoms with Gasteiger partial charge in [-0.1, -0.05) is 5.16 Å². The number of sulfone groups is 1. The molecular formula is C18H23N3O5S. The first-order valence-electron chi connectivity index (χ1n) is 8.66. The topological polar surface area (TPSA) is 102 Å². The van der Waals surface area contributed by atoms with Gasteiger partial charge < -0.3 is 19.5 Å². The highest BCUT2D eigenvalue weighted by molar-refractivity contribution is 7.90. The van der Waals surface area contributed by atoms with Gasteiger partial charge in [0.05, 0.1) is 12.8 Å². The Morgan fingerprint density at radius 1 is 1.41 bits per heavy atom. The lowest BCUT2D eigenvalue weighted by atomic mass is 10.1. The number of aromatic nitrogens is 1. The summed E-state index contributed by atoms with van der Waals surface area (Å²) < 4.78 is 36.1. The molecule has 1 aromatic carbocycles. The van der Waals surface area contributed by atoms with Crippen LogP contribution in [0.1, 0.15) is 28.7 Å². The molecule has 1 saturated heterocycles. The van der Waals surface area contributed by atoms with E-state index in [1.165, 1.54) is 19.2 Å². The zero-order chi connectivity index (χ0) is 19.6. The molecule has 1 aliphatic rings. The number of amides is 1. The molecule has 0 aliphatic carbocycles. The summed E-state index contributed by atoms with van der Waals surface area (Å²) in [5.74, 6) is -0.122. The number of nitrogens with zero attached hydrogens (tertiary/aromatic N) is 2. The lowest BCUT2D eigenvalue weighted by Gasteiger charge is -2.34. The minimum absolute atomic E-state index is 0.0329. The van der Waals surface area contributed by atoms with Crippen LogP contribution in [0.25, 0.3) is 0 Å². The maximum Gasteiger partial charge on any atom is 0.254 e. The largest absolute Gasteiger partial charge is 0.495 e. The Morgan fingerprint density at radius 3 is 2.81 bits per heavy atom. The van der Waals surface area contributed by atoms with Crippen LogP contribution in [-0.4, -0.2) is 57.2 Å². The number of rotatable bonds is 5. The number of methoxy groups -OCH3 is 1. The average molecular weight is 393 g/mol. The molecule has 0 saturated carbocycles. The van der Waals surface area contributed by atoms with Gasteiger partial charge in [0.15, 0.2) is 15.6 Å². The van der Waals surface area contributed by atoms with Gasteiger partial charge in [0, 0.05) is 37.3 Å². The molecule has 1 amide bonds. The van der Waals surface area contributed by atoms with Crippen molar-refractivity contribution in [2.24, 2.45) is 0 Å². The van der Waals surface area contributed by atoms with E-state index in [0.29, 0.717) is 30.9 Å². The van der Waals surface area contributed by atoms with Crippen LogP contribution in [0.15, 0.2) is 33.7 Å². The molecule has 0 unspecified atom stereocenters. The van der Waals surface area contributed by atoms with E-state index in [4.69, 9.17) is 9.26 Å². The zero-order valence-corrected chi connectivity index (χ0v) is 16.4. The number of benzene rings is 1. The molecule has 0 bridgehead atoms. The maximum atomic E-state index is 12.9. The molecule has 9 heteroatoms. The quantitative estimate of drug-likeness (QED) is 0.819. The Balaban J connectivity index is 1.94. The number of carbonyl (C=O) groups excluding carboxylic acids is 1. The van der Waals surface area contributed by atoms with E-state index < -0.39 is 9.84 Å². The predicted octanol–water partition coefficient (Wildman–Crippen LogP) is 1.40. The van der Waals surface area contributed by atoms with Gasteiger partial charge >= 0.3 is 0 Å². The summed E-state index contributed by atoms with van der Waals surface area (Å²) in [6.07, 6.45) is 0. The number of piperazine rings is 1. The third kappa shape index (κ3) is 4.14. The number of nitrogens with one attached hydrogen (secondary N) is 1. The third-order valence-corrected chi connectivity index (χ3v) is 6.17. The highest BCUT2D eigenvalue weighted by Gasteiger charge is 2.28. The summed E-state index contributed by atoms with van der Waals surface area (Å²) in [5.41, 5.74) is 0.917. The van der Waals surface area contributed by atoms with E-state index >= 15 is 0 Å². The molecule has 1 aromatic heterocycles. The molecule has 0 spiro atoms. The summed E-state index contributed by atoms with van der Waals surface area (Å²) >= 11 is 0. The molecular weight excluding hydrogens is 370 g/mol. The zero-order valence-electron chi connectivity index (χ0n) is 15.6. The average Bonchev–Trinajstić information content (AvgIpc) is 3.05. The van der Waals surface area contributed by atoms with Gasteiger partial charge in [-0.25, -0.2) is 8.42 Å². The summed E-state index contributed by atoms with van der Waals surface area (Å²) in [5, 5.41) is 6.94. The van der Waals surface area contributed by atoms with Crippen LogP contribution in [0.4, 0.5) is 0 Å². The fourth-order valence-electron chi connectivity index (χ4n) is 3.11. The van der Waals surface area contributed by atoms with Crippen molar-refractivity contribution in [1.29, 1.82) is 0 Å². The van der Waals surface area contributed by atoms with Crippen molar-refractivity contribution in [2.45, 2.75) is 30.5 Å².